The lowest BCUT2D eigenvalue weighted by atomic mass is 10.2. The second-order valence-electron chi connectivity index (χ2n) is 6.69. The third-order valence-electron chi connectivity index (χ3n) is 4.72. The van der Waals surface area contributed by atoms with Crippen molar-refractivity contribution in [2.45, 2.75) is 23.8 Å². The largest absolute Gasteiger partial charge is 0.318 e. The summed E-state index contributed by atoms with van der Waals surface area (Å²) in [6, 6.07) is 10.1. The number of Topliss-reactive ketones (excluding diaryl/α,β-unsaturated/α-hetero) is 1. The molecule has 0 saturated carbocycles. The Labute approximate surface area is 182 Å². The molecule has 0 amide bonds. The average molecular weight is 459 g/mol. The number of aryl methyl sites for hydroxylation is 1. The van der Waals surface area contributed by atoms with Crippen molar-refractivity contribution in [3.63, 3.8) is 0 Å². The van der Waals surface area contributed by atoms with Crippen molar-refractivity contribution >= 4 is 49.1 Å². The number of nitrogens with two attached hydrogens (primary N) is 1. The maximum atomic E-state index is 12.9. The molecule has 0 atom stereocenters. The fraction of sp³-hybridized carbons (Fsp3) is 0.150. The number of aromatic nitrogens is 3. The van der Waals surface area contributed by atoms with Crippen molar-refractivity contribution in [1.29, 1.82) is 0 Å². The van der Waals surface area contributed by atoms with Gasteiger partial charge in [-0.2, -0.15) is 0 Å². The molecule has 0 radical (unpaired) electrons. The first-order valence-electron chi connectivity index (χ1n) is 8.92. The summed E-state index contributed by atoms with van der Waals surface area (Å²) in [6.07, 6.45) is 1.52. The Morgan fingerprint density at radius 3 is 2.60 bits per heavy atom. The van der Waals surface area contributed by atoms with Crippen LogP contribution in [0.25, 0.3) is 15.9 Å². The van der Waals surface area contributed by atoms with Crippen LogP contribution in [0, 0.1) is 13.8 Å². The summed E-state index contributed by atoms with van der Waals surface area (Å²) < 4.78 is 24.9. The Kier molecular flexibility index (Phi) is 5.49. The Hall–Kier alpha value is -2.53. The molecule has 1 aromatic carbocycles. The van der Waals surface area contributed by atoms with E-state index < -0.39 is 10.0 Å². The van der Waals surface area contributed by atoms with Crippen LogP contribution in [0.3, 0.4) is 0 Å². The fourth-order valence-corrected chi connectivity index (χ4v) is 5.50. The number of sulfonamides is 1. The molecule has 4 aromatic rings. The number of thiophene rings is 1. The number of fused-ring (bicyclic) bond motifs is 1. The number of rotatable bonds is 6. The predicted octanol–water partition coefficient (Wildman–Crippen LogP) is 3.72. The number of ketones is 1. The van der Waals surface area contributed by atoms with E-state index in [4.69, 9.17) is 5.14 Å². The van der Waals surface area contributed by atoms with Gasteiger partial charge in [0.2, 0.25) is 10.0 Å². The molecule has 3 heterocycles. The van der Waals surface area contributed by atoms with Crippen molar-refractivity contribution in [3.05, 3.63) is 65.1 Å². The molecule has 0 aliphatic rings. The number of primary sulfonamides is 1. The summed E-state index contributed by atoms with van der Waals surface area (Å²) in [5.74, 6) is 0.263. The standard InChI is InChI=1S/C20H18N4O3S3/c1-12-9-17(13(2)24(12)14-3-5-15(6-4-14)30(21,26)27)18(25)10-29-20-16-7-8-28-19(16)22-11-23-20/h3-9,11H,10H2,1-2H3,(H2,21,26,27). The highest BCUT2D eigenvalue weighted by molar-refractivity contribution is 8.00. The lowest BCUT2D eigenvalue weighted by Gasteiger charge is -2.10. The van der Waals surface area contributed by atoms with Gasteiger partial charge >= 0.3 is 0 Å². The zero-order chi connectivity index (χ0) is 21.5. The van der Waals surface area contributed by atoms with Crippen molar-refractivity contribution in [3.8, 4) is 5.69 Å². The van der Waals surface area contributed by atoms with Crippen molar-refractivity contribution in [2.24, 2.45) is 5.14 Å². The average Bonchev–Trinajstić information content (AvgIpc) is 3.30. The normalized spacial score (nSPS) is 11.8. The lowest BCUT2D eigenvalue weighted by Crippen LogP contribution is -2.12. The van der Waals surface area contributed by atoms with Crippen LogP contribution in [0.1, 0.15) is 21.7 Å². The van der Waals surface area contributed by atoms with Gasteiger partial charge in [-0.3, -0.25) is 4.79 Å². The summed E-state index contributed by atoms with van der Waals surface area (Å²) in [5, 5.41) is 8.88. The molecule has 0 bridgehead atoms. The second-order valence-corrected chi connectivity index (χ2v) is 10.1. The fourth-order valence-electron chi connectivity index (χ4n) is 3.32. The summed E-state index contributed by atoms with van der Waals surface area (Å²) in [6.45, 7) is 3.78. The smallest absolute Gasteiger partial charge is 0.238 e. The predicted molar refractivity (Wildman–Crippen MR) is 119 cm³/mol. The molecule has 154 valence electrons. The van der Waals surface area contributed by atoms with E-state index in [9.17, 15) is 13.2 Å². The number of hydrogen-bond donors (Lipinski definition) is 1. The lowest BCUT2D eigenvalue weighted by molar-refractivity contribution is 0.102. The first kappa shape index (κ1) is 20.7. The molecule has 3 aromatic heterocycles. The minimum atomic E-state index is -3.75. The van der Waals surface area contributed by atoms with Crippen molar-refractivity contribution in [1.82, 2.24) is 14.5 Å². The molecule has 0 unspecified atom stereocenters. The monoisotopic (exact) mass is 458 g/mol. The molecule has 2 N–H and O–H groups in total. The molecule has 4 rings (SSSR count). The number of carbonyl (C=O) groups is 1. The minimum absolute atomic E-state index is 0.00231. The molecule has 0 fully saturated rings. The first-order valence-corrected chi connectivity index (χ1v) is 12.3. The Morgan fingerprint density at radius 1 is 1.17 bits per heavy atom. The van der Waals surface area contributed by atoms with Crippen molar-refractivity contribution in [2.75, 3.05) is 5.75 Å². The van der Waals surface area contributed by atoms with Gasteiger partial charge in [-0.1, -0.05) is 11.8 Å². The maximum Gasteiger partial charge on any atom is 0.238 e. The van der Waals surface area contributed by atoms with Crippen LogP contribution >= 0.6 is 23.1 Å². The molecular weight excluding hydrogens is 440 g/mol. The van der Waals surface area contributed by atoms with Crippen LogP contribution in [0.2, 0.25) is 0 Å². The molecule has 0 aliphatic carbocycles. The number of nitrogens with zero attached hydrogens (tertiary/aromatic N) is 3. The number of benzene rings is 1. The van der Waals surface area contributed by atoms with Gasteiger partial charge < -0.3 is 4.57 Å². The van der Waals surface area contributed by atoms with Gasteiger partial charge in [0, 0.05) is 28.0 Å². The van der Waals surface area contributed by atoms with E-state index in [0.717, 1.165) is 32.3 Å². The quantitative estimate of drug-likeness (QED) is 0.268. The number of thioether (sulfide) groups is 1. The van der Waals surface area contributed by atoms with E-state index >= 15 is 0 Å². The first-order chi connectivity index (χ1) is 14.3. The van der Waals surface area contributed by atoms with Gasteiger partial charge in [0.15, 0.2) is 5.78 Å². The third kappa shape index (κ3) is 3.91. The van der Waals surface area contributed by atoms with Gasteiger partial charge in [0.1, 0.15) is 16.2 Å². The summed E-state index contributed by atoms with van der Waals surface area (Å²) in [5.41, 5.74) is 3.07. The highest BCUT2D eigenvalue weighted by atomic mass is 32.2. The van der Waals surface area contributed by atoms with E-state index in [1.807, 2.05) is 35.9 Å². The van der Waals surface area contributed by atoms with Crippen LogP contribution in [0.5, 0.6) is 0 Å². The maximum absolute atomic E-state index is 12.9. The van der Waals surface area contributed by atoms with E-state index in [1.54, 1.807) is 23.5 Å². The minimum Gasteiger partial charge on any atom is -0.318 e. The van der Waals surface area contributed by atoms with Crippen LogP contribution in [-0.2, 0) is 10.0 Å². The van der Waals surface area contributed by atoms with Crippen LogP contribution in [0.15, 0.2) is 58.0 Å². The molecule has 7 nitrogen and oxygen atoms in total. The van der Waals surface area contributed by atoms with Crippen LogP contribution < -0.4 is 5.14 Å². The molecule has 10 heteroatoms. The zero-order valence-electron chi connectivity index (χ0n) is 16.2. The molecular formula is C20H18N4O3S3. The molecule has 30 heavy (non-hydrogen) atoms. The van der Waals surface area contributed by atoms with Gasteiger partial charge in [-0.25, -0.2) is 23.5 Å². The van der Waals surface area contributed by atoms with E-state index in [-0.39, 0.29) is 16.4 Å². The Balaban J connectivity index is 1.58. The van der Waals surface area contributed by atoms with Gasteiger partial charge in [-0.05, 0) is 55.6 Å². The Bertz CT molecular complexity index is 1360. The van der Waals surface area contributed by atoms with E-state index in [2.05, 4.69) is 9.97 Å². The van der Waals surface area contributed by atoms with Gasteiger partial charge in [-0.15, -0.1) is 11.3 Å². The third-order valence-corrected chi connectivity index (χ3v) is 7.48. The molecule has 0 spiro atoms. The second kappa shape index (κ2) is 7.95. The zero-order valence-corrected chi connectivity index (χ0v) is 18.6. The van der Waals surface area contributed by atoms with Crippen LogP contribution in [0.4, 0.5) is 0 Å². The summed E-state index contributed by atoms with van der Waals surface area (Å²) >= 11 is 2.94. The van der Waals surface area contributed by atoms with Crippen molar-refractivity contribution < 1.29 is 13.2 Å². The van der Waals surface area contributed by atoms with E-state index in [1.165, 1.54) is 30.2 Å². The highest BCUT2D eigenvalue weighted by Crippen LogP contribution is 2.29. The van der Waals surface area contributed by atoms with Gasteiger partial charge in [0.05, 0.1) is 10.6 Å². The molecule has 0 aliphatic heterocycles. The van der Waals surface area contributed by atoms with Crippen LogP contribution in [-0.4, -0.2) is 34.5 Å². The van der Waals surface area contributed by atoms with Gasteiger partial charge in [0.25, 0.3) is 0 Å². The summed E-state index contributed by atoms with van der Waals surface area (Å²) in [4.78, 5) is 22.4. The topological polar surface area (TPSA) is 108 Å². The summed E-state index contributed by atoms with van der Waals surface area (Å²) in [7, 11) is -3.75. The Morgan fingerprint density at radius 2 is 1.90 bits per heavy atom. The SMILES string of the molecule is Cc1cc(C(=O)CSc2ncnc3sccc23)c(C)n1-c1ccc(S(N)(=O)=O)cc1. The molecule has 0 saturated heterocycles. The number of carbonyl (C=O) groups excluding carboxylic acids is 1. The number of hydrogen-bond acceptors (Lipinski definition) is 7. The van der Waals surface area contributed by atoms with E-state index in [0.29, 0.717) is 5.56 Å². The highest BCUT2D eigenvalue weighted by Gasteiger charge is 2.18.